The van der Waals surface area contributed by atoms with Crippen LogP contribution in [0.2, 0.25) is 0 Å². The van der Waals surface area contributed by atoms with Crippen molar-refractivity contribution < 1.29 is 13.2 Å². The van der Waals surface area contributed by atoms with E-state index in [4.69, 9.17) is 5.26 Å². The van der Waals surface area contributed by atoms with E-state index in [0.29, 0.717) is 5.82 Å². The van der Waals surface area contributed by atoms with E-state index in [1.165, 1.54) is 6.07 Å². The molecule has 0 aromatic carbocycles. The maximum atomic E-state index is 11.8. The van der Waals surface area contributed by atoms with Crippen LogP contribution in [0.1, 0.15) is 5.69 Å². The molecule has 3 nitrogen and oxygen atoms in total. The van der Waals surface area contributed by atoms with Gasteiger partial charge >= 0.3 is 5.51 Å². The topological polar surface area (TPSA) is 48.7 Å². The number of nitriles is 1. The van der Waals surface area contributed by atoms with Crippen LogP contribution in [-0.4, -0.2) is 22.8 Å². The Kier molecular flexibility index (Phi) is 4.43. The van der Waals surface area contributed by atoms with Gasteiger partial charge in [0.1, 0.15) is 17.6 Å². The second-order valence-electron chi connectivity index (χ2n) is 2.74. The van der Waals surface area contributed by atoms with E-state index in [9.17, 15) is 13.2 Å². The lowest BCUT2D eigenvalue weighted by Gasteiger charge is -2.07. The summed E-state index contributed by atoms with van der Waals surface area (Å²) in [4.78, 5) is 3.86. The molecule has 1 aromatic rings. The van der Waals surface area contributed by atoms with Crippen molar-refractivity contribution in [1.82, 2.24) is 4.98 Å². The summed E-state index contributed by atoms with van der Waals surface area (Å²) in [6.07, 6.45) is 0. The minimum Gasteiger partial charge on any atom is -0.369 e. The monoisotopic (exact) mass is 247 g/mol. The van der Waals surface area contributed by atoms with Gasteiger partial charge in [-0.25, -0.2) is 4.98 Å². The fourth-order valence-corrected chi connectivity index (χ4v) is 1.38. The number of hydrogen-bond acceptors (Lipinski definition) is 4. The Morgan fingerprint density at radius 3 is 2.81 bits per heavy atom. The van der Waals surface area contributed by atoms with Crippen LogP contribution < -0.4 is 5.32 Å². The maximum Gasteiger partial charge on any atom is 0.441 e. The number of anilines is 1. The van der Waals surface area contributed by atoms with Crippen LogP contribution in [0.25, 0.3) is 0 Å². The third kappa shape index (κ3) is 4.89. The van der Waals surface area contributed by atoms with Gasteiger partial charge in [0.05, 0.1) is 0 Å². The van der Waals surface area contributed by atoms with Crippen LogP contribution in [0.5, 0.6) is 0 Å². The van der Waals surface area contributed by atoms with Gasteiger partial charge in [0.2, 0.25) is 0 Å². The minimum absolute atomic E-state index is 0.0925. The van der Waals surface area contributed by atoms with Crippen molar-refractivity contribution in [1.29, 1.82) is 5.26 Å². The van der Waals surface area contributed by atoms with Gasteiger partial charge < -0.3 is 5.32 Å². The molecule has 0 aliphatic heterocycles. The van der Waals surface area contributed by atoms with Gasteiger partial charge in [0.25, 0.3) is 0 Å². The van der Waals surface area contributed by atoms with E-state index in [-0.39, 0.29) is 29.8 Å². The number of alkyl halides is 3. The lowest BCUT2D eigenvalue weighted by atomic mass is 10.3. The Labute approximate surface area is 94.7 Å². The van der Waals surface area contributed by atoms with Crippen LogP contribution >= 0.6 is 11.8 Å². The van der Waals surface area contributed by atoms with Gasteiger partial charge in [-0.3, -0.25) is 0 Å². The van der Waals surface area contributed by atoms with E-state index in [1.54, 1.807) is 12.1 Å². The molecule has 0 aliphatic rings. The van der Waals surface area contributed by atoms with Gasteiger partial charge in [-0.1, -0.05) is 6.07 Å². The number of nitrogens with one attached hydrogen (secondary N) is 1. The molecule has 7 heteroatoms. The predicted octanol–water partition coefficient (Wildman–Crippen LogP) is 2.62. The summed E-state index contributed by atoms with van der Waals surface area (Å²) in [6.45, 7) is 0.145. The molecular formula is C9H8F3N3S. The molecular weight excluding hydrogens is 239 g/mol. The lowest BCUT2D eigenvalue weighted by molar-refractivity contribution is -0.0327. The number of hydrogen-bond donors (Lipinski definition) is 1. The van der Waals surface area contributed by atoms with Crippen molar-refractivity contribution in [2.45, 2.75) is 5.51 Å². The van der Waals surface area contributed by atoms with Gasteiger partial charge in [0.15, 0.2) is 0 Å². The molecule has 1 rings (SSSR count). The molecule has 0 atom stereocenters. The molecule has 0 spiro atoms. The van der Waals surface area contributed by atoms with Crippen molar-refractivity contribution in [3.05, 3.63) is 23.9 Å². The number of aromatic nitrogens is 1. The van der Waals surface area contributed by atoms with Crippen molar-refractivity contribution in [2.24, 2.45) is 0 Å². The fourth-order valence-electron chi connectivity index (χ4n) is 0.941. The zero-order chi connectivity index (χ0) is 12.0. The third-order valence-corrected chi connectivity index (χ3v) is 2.27. The number of halogens is 3. The van der Waals surface area contributed by atoms with E-state index in [2.05, 4.69) is 10.3 Å². The highest BCUT2D eigenvalue weighted by Crippen LogP contribution is 2.29. The molecule has 0 bridgehead atoms. The number of nitrogens with zero attached hydrogens (tertiary/aromatic N) is 2. The summed E-state index contributed by atoms with van der Waals surface area (Å²) in [5.41, 5.74) is -3.97. The minimum atomic E-state index is -4.20. The summed E-state index contributed by atoms with van der Waals surface area (Å²) in [5, 5.41) is 11.3. The highest BCUT2D eigenvalue weighted by molar-refractivity contribution is 8.00. The van der Waals surface area contributed by atoms with Crippen LogP contribution in [-0.2, 0) is 0 Å². The van der Waals surface area contributed by atoms with Gasteiger partial charge in [-0.2, -0.15) is 18.4 Å². The fraction of sp³-hybridized carbons (Fsp3) is 0.333. The normalized spacial score (nSPS) is 10.9. The van der Waals surface area contributed by atoms with Gasteiger partial charge in [-0.15, -0.1) is 0 Å². The Bertz CT molecular complexity index is 386. The number of rotatable bonds is 4. The lowest BCUT2D eigenvalue weighted by Crippen LogP contribution is -2.10. The Hall–Kier alpha value is -1.42. The second-order valence-corrected chi connectivity index (χ2v) is 3.90. The molecule has 86 valence electrons. The van der Waals surface area contributed by atoms with Crippen molar-refractivity contribution >= 4 is 17.6 Å². The van der Waals surface area contributed by atoms with Crippen molar-refractivity contribution in [3.8, 4) is 6.07 Å². The first-order chi connectivity index (χ1) is 7.51. The molecule has 0 unspecified atom stereocenters. The summed E-state index contributed by atoms with van der Waals surface area (Å²) < 4.78 is 35.3. The van der Waals surface area contributed by atoms with Crippen molar-refractivity contribution in [3.63, 3.8) is 0 Å². The predicted molar refractivity (Wildman–Crippen MR) is 56.0 cm³/mol. The molecule has 0 saturated carbocycles. The average Bonchev–Trinajstić information content (AvgIpc) is 2.23. The van der Waals surface area contributed by atoms with E-state index < -0.39 is 5.51 Å². The van der Waals surface area contributed by atoms with Crippen LogP contribution in [0.15, 0.2) is 18.2 Å². The zero-order valence-corrected chi connectivity index (χ0v) is 8.90. The SMILES string of the molecule is N#Cc1cccc(NCCSC(F)(F)F)n1. The molecule has 0 saturated heterocycles. The van der Waals surface area contributed by atoms with Crippen molar-refractivity contribution in [2.75, 3.05) is 17.6 Å². The zero-order valence-electron chi connectivity index (χ0n) is 8.08. The quantitative estimate of drug-likeness (QED) is 0.831. The number of thioether (sulfide) groups is 1. The average molecular weight is 247 g/mol. The molecule has 16 heavy (non-hydrogen) atoms. The van der Waals surface area contributed by atoms with Crippen LogP contribution in [0.3, 0.4) is 0 Å². The molecule has 0 aliphatic carbocycles. The van der Waals surface area contributed by atoms with E-state index in [1.807, 2.05) is 6.07 Å². The van der Waals surface area contributed by atoms with Gasteiger partial charge in [0, 0.05) is 12.3 Å². The molecule has 1 N–H and O–H groups in total. The summed E-state index contributed by atoms with van der Waals surface area (Å²) in [7, 11) is 0. The Morgan fingerprint density at radius 1 is 1.44 bits per heavy atom. The van der Waals surface area contributed by atoms with E-state index in [0.717, 1.165) is 0 Å². The van der Waals surface area contributed by atoms with Gasteiger partial charge in [-0.05, 0) is 23.9 Å². The summed E-state index contributed by atoms with van der Waals surface area (Å²) in [5.74, 6) is 0.309. The molecule has 0 fully saturated rings. The molecule has 1 aromatic heterocycles. The third-order valence-electron chi connectivity index (χ3n) is 1.54. The first kappa shape index (κ1) is 12.6. The highest BCUT2D eigenvalue weighted by atomic mass is 32.2. The van der Waals surface area contributed by atoms with Crippen LogP contribution in [0.4, 0.5) is 19.0 Å². The Balaban J connectivity index is 2.35. The summed E-state index contributed by atoms with van der Waals surface area (Å²) in [6, 6.07) is 6.58. The second kappa shape index (κ2) is 5.61. The molecule has 0 amide bonds. The Morgan fingerprint density at radius 2 is 2.19 bits per heavy atom. The number of pyridine rings is 1. The first-order valence-electron chi connectivity index (χ1n) is 4.33. The highest BCUT2D eigenvalue weighted by Gasteiger charge is 2.27. The standard InChI is InChI=1S/C9H8F3N3S/c10-9(11,12)16-5-4-14-8-3-1-2-7(6-13)15-8/h1-3H,4-5H2,(H,14,15). The molecule has 1 heterocycles. The smallest absolute Gasteiger partial charge is 0.369 e. The van der Waals surface area contributed by atoms with Crippen LogP contribution in [0, 0.1) is 11.3 Å². The van der Waals surface area contributed by atoms with E-state index >= 15 is 0 Å². The largest absolute Gasteiger partial charge is 0.441 e. The molecule has 0 radical (unpaired) electrons. The maximum absolute atomic E-state index is 11.8. The summed E-state index contributed by atoms with van der Waals surface area (Å²) >= 11 is -0.0925. The first-order valence-corrected chi connectivity index (χ1v) is 5.31.